The van der Waals surface area contributed by atoms with Crippen LogP contribution in [0.2, 0.25) is 21.3 Å². The smallest absolute Gasteiger partial charge is 0.0688 e. The Morgan fingerprint density at radius 3 is 0.857 bits per heavy atom. The van der Waals surface area contributed by atoms with E-state index < -0.39 is 0 Å². The van der Waals surface area contributed by atoms with Gasteiger partial charge in [-0.1, -0.05) is 107 Å². The van der Waals surface area contributed by atoms with E-state index in [4.69, 9.17) is 31.4 Å². The Labute approximate surface area is 138 Å². The van der Waals surface area contributed by atoms with Gasteiger partial charge in [-0.15, -0.1) is 0 Å². The molecule has 1 aliphatic carbocycles. The van der Waals surface area contributed by atoms with E-state index in [1.54, 1.807) is 0 Å². The molecular weight excluding hydrogens is 247 g/mol. The summed E-state index contributed by atoms with van der Waals surface area (Å²) in [4.78, 5) is 0. The van der Waals surface area contributed by atoms with Crippen molar-refractivity contribution >= 4 is 31.4 Å². The zero-order valence-electron chi connectivity index (χ0n) is 14.7. The summed E-state index contributed by atoms with van der Waals surface area (Å²) in [5, 5.41) is -0.643. The highest BCUT2D eigenvalue weighted by Crippen LogP contribution is 2.49. The summed E-state index contributed by atoms with van der Waals surface area (Å²) in [5.41, 5.74) is 0. The minimum atomic E-state index is -0.179. The van der Waals surface area contributed by atoms with Crippen LogP contribution in [0.15, 0.2) is 0 Å². The van der Waals surface area contributed by atoms with Gasteiger partial charge in [-0.05, 0) is 0 Å². The third-order valence-electron chi connectivity index (χ3n) is 5.30. The molecule has 0 aromatic heterocycles. The van der Waals surface area contributed by atoms with E-state index in [0.29, 0.717) is 0 Å². The van der Waals surface area contributed by atoms with Gasteiger partial charge < -0.3 is 0 Å². The number of hydrogen-bond acceptors (Lipinski definition) is 0. The highest BCUT2D eigenvalue weighted by atomic mass is 14.3. The summed E-state index contributed by atoms with van der Waals surface area (Å²) in [5.74, 6) is 0. The average molecular weight is 278 g/mol. The standard InChI is InChI=1S/C17H30B4/c1-14(18)6-5-7-15(2,19)9-11-17(4,21)13-12-16(3,20)10-8-14/h5-13H2,1-4H3. The monoisotopic (exact) mass is 278 g/mol. The van der Waals surface area contributed by atoms with E-state index in [2.05, 4.69) is 27.7 Å². The van der Waals surface area contributed by atoms with Crippen LogP contribution in [0.1, 0.15) is 85.5 Å². The van der Waals surface area contributed by atoms with Gasteiger partial charge in [0.1, 0.15) is 0 Å². The first-order valence-corrected chi connectivity index (χ1v) is 8.48. The molecule has 0 aliphatic heterocycles. The van der Waals surface area contributed by atoms with Crippen LogP contribution in [-0.2, 0) is 0 Å². The minimum absolute atomic E-state index is 0.142. The maximum atomic E-state index is 6.46. The highest BCUT2D eigenvalue weighted by molar-refractivity contribution is 6.17. The molecule has 0 nitrogen and oxygen atoms in total. The van der Waals surface area contributed by atoms with Gasteiger partial charge in [-0.3, -0.25) is 0 Å². The first-order chi connectivity index (χ1) is 9.33. The zero-order valence-corrected chi connectivity index (χ0v) is 14.7. The van der Waals surface area contributed by atoms with Gasteiger partial charge in [0.2, 0.25) is 0 Å². The maximum Gasteiger partial charge on any atom is 0.0742 e. The molecule has 4 heteroatoms. The van der Waals surface area contributed by atoms with E-state index in [1.165, 1.54) is 0 Å². The quantitative estimate of drug-likeness (QED) is 0.553. The van der Waals surface area contributed by atoms with Crippen molar-refractivity contribution in [3.05, 3.63) is 0 Å². The molecule has 4 atom stereocenters. The lowest BCUT2D eigenvalue weighted by atomic mass is 9.55. The third-order valence-corrected chi connectivity index (χ3v) is 5.30. The van der Waals surface area contributed by atoms with Crippen molar-refractivity contribution in [3.63, 3.8) is 0 Å². The van der Waals surface area contributed by atoms with Gasteiger partial charge in [0.25, 0.3) is 0 Å². The molecule has 1 saturated carbocycles. The lowest BCUT2D eigenvalue weighted by Crippen LogP contribution is -2.18. The molecule has 0 N–H and O–H groups in total. The highest BCUT2D eigenvalue weighted by Gasteiger charge is 2.29. The predicted octanol–water partition coefficient (Wildman–Crippen LogP) is 4.90. The van der Waals surface area contributed by atoms with Crippen molar-refractivity contribution in [1.29, 1.82) is 0 Å². The van der Waals surface area contributed by atoms with Crippen molar-refractivity contribution in [2.24, 2.45) is 0 Å². The minimum Gasteiger partial charge on any atom is -0.0688 e. The Bertz CT molecular complexity index is 300. The van der Waals surface area contributed by atoms with Crippen molar-refractivity contribution in [2.45, 2.75) is 107 Å². The van der Waals surface area contributed by atoms with E-state index in [0.717, 1.165) is 57.8 Å². The Morgan fingerprint density at radius 1 is 0.429 bits per heavy atom. The molecule has 1 rings (SSSR count). The Hall–Kier alpha value is 0.260. The lowest BCUT2D eigenvalue weighted by molar-refractivity contribution is 0.387. The first-order valence-electron chi connectivity index (χ1n) is 8.48. The van der Waals surface area contributed by atoms with Crippen LogP contribution in [0, 0.1) is 0 Å². The summed E-state index contributed by atoms with van der Waals surface area (Å²) in [7, 11) is 25.8. The Morgan fingerprint density at radius 2 is 0.619 bits per heavy atom. The third kappa shape index (κ3) is 7.89. The molecule has 8 radical (unpaired) electrons. The van der Waals surface area contributed by atoms with Crippen molar-refractivity contribution in [1.82, 2.24) is 0 Å². The number of hydrogen-bond donors (Lipinski definition) is 0. The fourth-order valence-corrected chi connectivity index (χ4v) is 3.11. The molecular formula is C17H30B4. The topological polar surface area (TPSA) is 0 Å². The van der Waals surface area contributed by atoms with Gasteiger partial charge in [-0.25, -0.2) is 0 Å². The molecule has 0 aromatic carbocycles. The van der Waals surface area contributed by atoms with Gasteiger partial charge in [0.05, 0.1) is 31.4 Å². The van der Waals surface area contributed by atoms with Crippen LogP contribution < -0.4 is 0 Å². The van der Waals surface area contributed by atoms with Crippen molar-refractivity contribution in [2.75, 3.05) is 0 Å². The van der Waals surface area contributed by atoms with E-state index in [1.807, 2.05) is 0 Å². The second kappa shape index (κ2) is 6.79. The summed E-state index contributed by atoms with van der Waals surface area (Å²) in [6.07, 6.45) is 8.81. The maximum absolute atomic E-state index is 6.46. The molecule has 4 unspecified atom stereocenters. The molecule has 1 fully saturated rings. The fraction of sp³-hybridized carbons (Fsp3) is 1.00. The van der Waals surface area contributed by atoms with Gasteiger partial charge in [0, 0.05) is 0 Å². The van der Waals surface area contributed by atoms with E-state index in [-0.39, 0.29) is 21.3 Å². The van der Waals surface area contributed by atoms with E-state index in [9.17, 15) is 0 Å². The van der Waals surface area contributed by atoms with Crippen LogP contribution in [0.4, 0.5) is 0 Å². The first kappa shape index (κ1) is 19.3. The van der Waals surface area contributed by atoms with Crippen LogP contribution in [0.5, 0.6) is 0 Å². The SMILES string of the molecule is [B]C1(C)CCCC([B])(C)CCC([B])(C)CCC([B])(C)CC1. The molecule has 0 saturated heterocycles. The second-order valence-electron chi connectivity index (χ2n) is 8.97. The van der Waals surface area contributed by atoms with Gasteiger partial charge in [0.15, 0.2) is 0 Å². The Balaban J connectivity index is 2.80. The molecule has 21 heavy (non-hydrogen) atoms. The van der Waals surface area contributed by atoms with Crippen LogP contribution in [0.3, 0.4) is 0 Å². The predicted molar refractivity (Wildman–Crippen MR) is 98.0 cm³/mol. The fourth-order valence-electron chi connectivity index (χ4n) is 3.11. The van der Waals surface area contributed by atoms with Gasteiger partial charge >= 0.3 is 0 Å². The molecule has 0 aromatic rings. The summed E-state index contributed by atoms with van der Waals surface area (Å²) in [6, 6.07) is 0. The van der Waals surface area contributed by atoms with Crippen LogP contribution in [0.25, 0.3) is 0 Å². The molecule has 0 spiro atoms. The van der Waals surface area contributed by atoms with E-state index >= 15 is 0 Å². The van der Waals surface area contributed by atoms with Crippen molar-refractivity contribution in [3.8, 4) is 0 Å². The molecule has 1 aliphatic rings. The lowest BCUT2D eigenvalue weighted by Gasteiger charge is -2.35. The van der Waals surface area contributed by atoms with Crippen LogP contribution in [-0.4, -0.2) is 31.4 Å². The molecule has 0 heterocycles. The summed E-state index contributed by atoms with van der Waals surface area (Å²) < 4.78 is 0. The molecule has 0 amide bonds. The summed E-state index contributed by atoms with van der Waals surface area (Å²) >= 11 is 0. The van der Waals surface area contributed by atoms with Crippen molar-refractivity contribution < 1.29 is 0 Å². The summed E-state index contributed by atoms with van der Waals surface area (Å²) in [6.45, 7) is 8.55. The van der Waals surface area contributed by atoms with Crippen LogP contribution >= 0.6 is 0 Å². The molecule has 0 bridgehead atoms. The molecule has 110 valence electrons. The average Bonchev–Trinajstić information content (AvgIpc) is 2.32. The largest absolute Gasteiger partial charge is 0.0742 e. The van der Waals surface area contributed by atoms with Gasteiger partial charge in [-0.2, -0.15) is 0 Å². The number of rotatable bonds is 0. The zero-order chi connectivity index (χ0) is 16.4. The second-order valence-corrected chi connectivity index (χ2v) is 8.97. The Kier molecular flexibility index (Phi) is 6.25. The normalized spacial score (nSPS) is 47.8.